The lowest BCUT2D eigenvalue weighted by molar-refractivity contribution is -0.138. The molecule has 0 aliphatic rings. The number of halogens is 2. The van der Waals surface area contributed by atoms with Crippen LogP contribution in [0.3, 0.4) is 0 Å². The van der Waals surface area contributed by atoms with Crippen LogP contribution in [0.25, 0.3) is 22.0 Å². The predicted octanol–water partition coefficient (Wildman–Crippen LogP) is 4.60. The van der Waals surface area contributed by atoms with Crippen molar-refractivity contribution >= 4 is 38.5 Å². The molecule has 164 valence electrons. The number of carboxylic acids is 1. The van der Waals surface area contributed by atoms with Crippen LogP contribution in [0.15, 0.2) is 77.8 Å². The number of fused-ring (bicyclic) bond motifs is 1. The molecule has 1 atom stereocenters. The number of benzene rings is 3. The molecule has 0 spiro atoms. The van der Waals surface area contributed by atoms with Gasteiger partial charge >= 0.3 is 5.97 Å². The summed E-state index contributed by atoms with van der Waals surface area (Å²) < 4.78 is 41.5. The van der Waals surface area contributed by atoms with Gasteiger partial charge in [-0.1, -0.05) is 35.9 Å². The van der Waals surface area contributed by atoms with Crippen LogP contribution in [0.2, 0.25) is 5.02 Å². The second-order valence-corrected chi connectivity index (χ2v) is 9.40. The summed E-state index contributed by atoms with van der Waals surface area (Å²) in [5.74, 6) is -1.80. The van der Waals surface area contributed by atoms with Crippen molar-refractivity contribution in [2.45, 2.75) is 17.4 Å². The topological polar surface area (TPSA) is 99.3 Å². The van der Waals surface area contributed by atoms with Gasteiger partial charge in [-0.15, -0.1) is 0 Å². The van der Waals surface area contributed by atoms with Crippen molar-refractivity contribution in [1.82, 2.24) is 9.71 Å². The SMILES string of the molecule is O=C(O)[C@@H](Cc1c[nH]c2ccc(F)cc12)NS(=O)(=O)c1ccc(-c2ccc(Cl)cc2)cc1. The van der Waals surface area contributed by atoms with E-state index in [1.807, 2.05) is 12.1 Å². The number of carbonyl (C=O) groups is 1. The second kappa shape index (κ2) is 8.74. The minimum Gasteiger partial charge on any atom is -0.480 e. The van der Waals surface area contributed by atoms with Gasteiger partial charge in [-0.05, 0) is 59.2 Å². The van der Waals surface area contributed by atoms with Crippen molar-refractivity contribution in [3.63, 3.8) is 0 Å². The first-order chi connectivity index (χ1) is 15.2. The third kappa shape index (κ3) is 4.67. The standard InChI is InChI=1S/C23H18ClFN2O4S/c24-17-5-1-14(2-6-17)15-3-8-19(9-4-15)32(30,31)27-22(23(28)29)11-16-13-26-21-10-7-18(25)12-20(16)21/h1-10,12-13,22,26-27H,11H2,(H,28,29)/t22-/m1/s1. The lowest BCUT2D eigenvalue weighted by atomic mass is 10.1. The summed E-state index contributed by atoms with van der Waals surface area (Å²) in [5.41, 5.74) is 2.77. The molecule has 0 unspecified atom stereocenters. The Morgan fingerprint density at radius 3 is 2.28 bits per heavy atom. The number of sulfonamides is 1. The quantitative estimate of drug-likeness (QED) is 0.366. The molecular formula is C23H18ClFN2O4S. The molecule has 3 N–H and O–H groups in total. The molecule has 4 aromatic rings. The minimum atomic E-state index is -4.11. The van der Waals surface area contributed by atoms with Gasteiger partial charge in [0.1, 0.15) is 11.9 Å². The molecule has 0 saturated heterocycles. The Kier molecular flexibility index (Phi) is 6.01. The summed E-state index contributed by atoms with van der Waals surface area (Å²) in [7, 11) is -4.11. The fourth-order valence-corrected chi connectivity index (χ4v) is 4.76. The second-order valence-electron chi connectivity index (χ2n) is 7.25. The van der Waals surface area contributed by atoms with Crippen LogP contribution in [0, 0.1) is 5.82 Å². The number of aromatic amines is 1. The molecule has 0 radical (unpaired) electrons. The molecule has 1 heterocycles. The fourth-order valence-electron chi connectivity index (χ4n) is 3.44. The zero-order valence-electron chi connectivity index (χ0n) is 16.5. The van der Waals surface area contributed by atoms with E-state index in [0.717, 1.165) is 11.1 Å². The van der Waals surface area contributed by atoms with E-state index in [4.69, 9.17) is 11.6 Å². The van der Waals surface area contributed by atoms with Crippen LogP contribution in [0.5, 0.6) is 0 Å². The van der Waals surface area contributed by atoms with Gasteiger partial charge in [-0.3, -0.25) is 4.79 Å². The van der Waals surface area contributed by atoms with Crippen molar-refractivity contribution in [3.05, 3.63) is 89.3 Å². The first kappa shape index (κ1) is 22.0. The van der Waals surface area contributed by atoms with Gasteiger partial charge in [-0.2, -0.15) is 4.72 Å². The van der Waals surface area contributed by atoms with Crippen molar-refractivity contribution in [1.29, 1.82) is 0 Å². The molecular weight excluding hydrogens is 455 g/mol. The Morgan fingerprint density at radius 2 is 1.66 bits per heavy atom. The van der Waals surface area contributed by atoms with Crippen molar-refractivity contribution in [3.8, 4) is 11.1 Å². The van der Waals surface area contributed by atoms with E-state index in [9.17, 15) is 22.7 Å². The highest BCUT2D eigenvalue weighted by Gasteiger charge is 2.26. The number of H-pyrrole nitrogens is 1. The van der Waals surface area contributed by atoms with Crippen molar-refractivity contribution < 1.29 is 22.7 Å². The summed E-state index contributed by atoms with van der Waals surface area (Å²) in [4.78, 5) is 14.7. The molecule has 4 rings (SSSR count). The Morgan fingerprint density at radius 1 is 1.03 bits per heavy atom. The summed E-state index contributed by atoms with van der Waals surface area (Å²) >= 11 is 5.89. The molecule has 6 nitrogen and oxygen atoms in total. The predicted molar refractivity (Wildman–Crippen MR) is 121 cm³/mol. The highest BCUT2D eigenvalue weighted by atomic mass is 35.5. The van der Waals surface area contributed by atoms with E-state index in [1.165, 1.54) is 30.3 Å². The zero-order chi connectivity index (χ0) is 22.9. The maximum absolute atomic E-state index is 13.6. The number of hydrogen-bond acceptors (Lipinski definition) is 3. The van der Waals surface area contributed by atoms with Crippen molar-refractivity contribution in [2.75, 3.05) is 0 Å². The van der Waals surface area contributed by atoms with E-state index in [0.29, 0.717) is 21.5 Å². The van der Waals surface area contributed by atoms with Crippen LogP contribution in [-0.4, -0.2) is 30.5 Å². The van der Waals surface area contributed by atoms with Crippen LogP contribution < -0.4 is 4.72 Å². The van der Waals surface area contributed by atoms with Gasteiger partial charge in [0.05, 0.1) is 4.90 Å². The van der Waals surface area contributed by atoms with Gasteiger partial charge < -0.3 is 10.1 Å². The first-order valence-electron chi connectivity index (χ1n) is 9.59. The number of aliphatic carboxylic acids is 1. The Balaban J connectivity index is 1.56. The zero-order valence-corrected chi connectivity index (χ0v) is 18.1. The molecule has 0 fully saturated rings. The minimum absolute atomic E-state index is 0.0635. The number of hydrogen-bond donors (Lipinski definition) is 3. The van der Waals surface area contributed by atoms with Gasteiger partial charge in [0.15, 0.2) is 0 Å². The summed E-state index contributed by atoms with van der Waals surface area (Å²) in [6.45, 7) is 0. The molecule has 0 amide bonds. The van der Waals surface area contributed by atoms with E-state index < -0.39 is 27.9 Å². The molecule has 32 heavy (non-hydrogen) atoms. The van der Waals surface area contributed by atoms with Crippen molar-refractivity contribution in [2.24, 2.45) is 0 Å². The number of rotatable bonds is 7. The molecule has 0 aliphatic carbocycles. The molecule has 3 aromatic carbocycles. The fraction of sp³-hybridized carbons (Fsp3) is 0.0870. The molecule has 0 saturated carbocycles. The van der Waals surface area contributed by atoms with Crippen LogP contribution in [-0.2, 0) is 21.2 Å². The van der Waals surface area contributed by atoms with Crippen LogP contribution in [0.4, 0.5) is 4.39 Å². The summed E-state index contributed by atoms with van der Waals surface area (Å²) in [6, 6.07) is 15.9. The molecule has 0 aliphatic heterocycles. The van der Waals surface area contributed by atoms with E-state index >= 15 is 0 Å². The Hall–Kier alpha value is -3.20. The summed E-state index contributed by atoms with van der Waals surface area (Å²) in [6.07, 6.45) is 1.40. The molecule has 1 aromatic heterocycles. The highest BCUT2D eigenvalue weighted by molar-refractivity contribution is 7.89. The largest absolute Gasteiger partial charge is 0.480 e. The highest BCUT2D eigenvalue weighted by Crippen LogP contribution is 2.24. The third-order valence-electron chi connectivity index (χ3n) is 5.09. The summed E-state index contributed by atoms with van der Waals surface area (Å²) in [5, 5.41) is 10.7. The number of nitrogens with one attached hydrogen (secondary N) is 2. The molecule has 9 heteroatoms. The lowest BCUT2D eigenvalue weighted by Gasteiger charge is -2.15. The Labute approximate surface area is 188 Å². The lowest BCUT2D eigenvalue weighted by Crippen LogP contribution is -2.42. The van der Waals surface area contributed by atoms with E-state index in [-0.39, 0.29) is 11.3 Å². The third-order valence-corrected chi connectivity index (χ3v) is 6.83. The first-order valence-corrected chi connectivity index (χ1v) is 11.5. The van der Waals surface area contributed by atoms with Crippen LogP contribution >= 0.6 is 11.6 Å². The van der Waals surface area contributed by atoms with Gasteiger partial charge in [0.25, 0.3) is 0 Å². The molecule has 0 bridgehead atoms. The van der Waals surface area contributed by atoms with Gasteiger partial charge in [0, 0.05) is 28.5 Å². The van der Waals surface area contributed by atoms with Crippen LogP contribution in [0.1, 0.15) is 5.56 Å². The van der Waals surface area contributed by atoms with Gasteiger partial charge in [-0.25, -0.2) is 12.8 Å². The van der Waals surface area contributed by atoms with E-state index in [1.54, 1.807) is 30.5 Å². The maximum Gasteiger partial charge on any atom is 0.322 e. The smallest absolute Gasteiger partial charge is 0.322 e. The normalized spacial score (nSPS) is 12.7. The number of carboxylic acid groups (broad SMARTS) is 1. The number of aromatic nitrogens is 1. The average molecular weight is 473 g/mol. The Bertz CT molecular complexity index is 1380. The van der Waals surface area contributed by atoms with Gasteiger partial charge in [0.2, 0.25) is 10.0 Å². The average Bonchev–Trinajstić information content (AvgIpc) is 3.15. The maximum atomic E-state index is 13.6. The monoisotopic (exact) mass is 472 g/mol. The van der Waals surface area contributed by atoms with E-state index in [2.05, 4.69) is 9.71 Å².